The molecule has 1 aliphatic rings. The summed E-state index contributed by atoms with van der Waals surface area (Å²) in [5.74, 6) is -0.871. The van der Waals surface area contributed by atoms with Gasteiger partial charge in [0.15, 0.2) is 0 Å². The number of nitrogens with zero attached hydrogens (tertiary/aromatic N) is 1. The van der Waals surface area contributed by atoms with Gasteiger partial charge in [0.1, 0.15) is 0 Å². The topological polar surface area (TPSA) is 49.8 Å². The number of ether oxygens (including phenoxy) is 1. The number of aryl methyl sites for hydroxylation is 1. The van der Waals surface area contributed by atoms with E-state index in [2.05, 4.69) is 4.90 Å². The van der Waals surface area contributed by atoms with Crippen LogP contribution in [0.3, 0.4) is 0 Å². The molecule has 0 atom stereocenters. The maximum atomic E-state index is 11.3. The Morgan fingerprint density at radius 3 is 2.67 bits per heavy atom. The van der Waals surface area contributed by atoms with E-state index in [1.807, 2.05) is 26.1 Å². The molecular weight excluding hydrogens is 230 g/mol. The Hall–Kier alpha value is -1.55. The van der Waals surface area contributed by atoms with E-state index in [9.17, 15) is 9.90 Å². The highest BCUT2D eigenvalue weighted by molar-refractivity contribution is 5.94. The van der Waals surface area contributed by atoms with E-state index in [4.69, 9.17) is 4.74 Å². The molecular formula is C14H19NO3. The largest absolute Gasteiger partial charge is 0.478 e. The smallest absolute Gasteiger partial charge is 0.337 e. The van der Waals surface area contributed by atoms with Gasteiger partial charge in [-0.1, -0.05) is 6.07 Å². The maximum Gasteiger partial charge on any atom is 0.337 e. The first-order valence-corrected chi connectivity index (χ1v) is 6.24. The molecule has 18 heavy (non-hydrogen) atoms. The molecule has 4 nitrogen and oxygen atoms in total. The minimum Gasteiger partial charge on any atom is -0.478 e. The number of carboxylic acid groups (broad SMARTS) is 1. The lowest BCUT2D eigenvalue weighted by molar-refractivity contribution is 0.0696. The van der Waals surface area contributed by atoms with Gasteiger partial charge in [0.2, 0.25) is 0 Å². The van der Waals surface area contributed by atoms with Crippen LogP contribution in [0, 0.1) is 6.92 Å². The highest BCUT2D eigenvalue weighted by Crippen LogP contribution is 2.26. The Balaban J connectivity index is 2.30. The van der Waals surface area contributed by atoms with Crippen molar-refractivity contribution in [1.82, 2.24) is 0 Å². The molecule has 1 fully saturated rings. The van der Waals surface area contributed by atoms with Crippen LogP contribution in [0.1, 0.15) is 28.8 Å². The molecule has 0 spiro atoms. The van der Waals surface area contributed by atoms with E-state index >= 15 is 0 Å². The summed E-state index contributed by atoms with van der Waals surface area (Å²) < 4.78 is 5.34. The van der Waals surface area contributed by atoms with Crippen LogP contribution in [0.25, 0.3) is 0 Å². The molecule has 1 aliphatic heterocycles. The number of anilines is 1. The van der Waals surface area contributed by atoms with Crippen LogP contribution in [0.5, 0.6) is 0 Å². The second-order valence-corrected chi connectivity index (χ2v) is 4.78. The first-order valence-electron chi connectivity index (χ1n) is 6.24. The normalized spacial score (nSPS) is 16.6. The summed E-state index contributed by atoms with van der Waals surface area (Å²) in [6.45, 7) is 3.49. The summed E-state index contributed by atoms with van der Waals surface area (Å²) in [6.07, 6.45) is 1.90. The van der Waals surface area contributed by atoms with Crippen molar-refractivity contribution in [2.45, 2.75) is 25.8 Å². The molecule has 98 valence electrons. The van der Waals surface area contributed by atoms with Gasteiger partial charge >= 0.3 is 5.97 Å². The zero-order chi connectivity index (χ0) is 13.1. The van der Waals surface area contributed by atoms with E-state index in [0.29, 0.717) is 11.6 Å². The second kappa shape index (κ2) is 5.40. The van der Waals surface area contributed by atoms with Gasteiger partial charge in [0.05, 0.1) is 11.3 Å². The molecule has 0 radical (unpaired) electrons. The molecule has 0 saturated carbocycles. The molecule has 2 rings (SSSR count). The van der Waals surface area contributed by atoms with Crippen molar-refractivity contribution in [1.29, 1.82) is 0 Å². The molecule has 1 saturated heterocycles. The highest BCUT2D eigenvalue weighted by Gasteiger charge is 2.22. The monoisotopic (exact) mass is 249 g/mol. The van der Waals surface area contributed by atoms with E-state index < -0.39 is 5.97 Å². The van der Waals surface area contributed by atoms with Crippen molar-refractivity contribution >= 4 is 11.7 Å². The Morgan fingerprint density at radius 1 is 1.39 bits per heavy atom. The van der Waals surface area contributed by atoms with Crippen molar-refractivity contribution in [2.24, 2.45) is 0 Å². The van der Waals surface area contributed by atoms with Gasteiger partial charge in [-0.25, -0.2) is 4.79 Å². The maximum absolute atomic E-state index is 11.3. The fourth-order valence-corrected chi connectivity index (χ4v) is 2.38. The van der Waals surface area contributed by atoms with Crippen LogP contribution < -0.4 is 4.90 Å². The van der Waals surface area contributed by atoms with Gasteiger partial charge in [0.25, 0.3) is 0 Å². The van der Waals surface area contributed by atoms with Crippen LogP contribution in [0.15, 0.2) is 18.2 Å². The fourth-order valence-electron chi connectivity index (χ4n) is 2.38. The van der Waals surface area contributed by atoms with Crippen LogP contribution in [0.4, 0.5) is 5.69 Å². The van der Waals surface area contributed by atoms with E-state index in [-0.39, 0.29) is 0 Å². The van der Waals surface area contributed by atoms with Gasteiger partial charge in [-0.15, -0.1) is 0 Å². The number of carbonyl (C=O) groups is 1. The first kappa shape index (κ1) is 12.9. The third-order valence-electron chi connectivity index (χ3n) is 3.50. The van der Waals surface area contributed by atoms with Gasteiger partial charge in [-0.05, 0) is 37.5 Å². The summed E-state index contributed by atoms with van der Waals surface area (Å²) >= 11 is 0. The molecule has 4 heteroatoms. The Bertz CT molecular complexity index is 439. The molecule has 1 N–H and O–H groups in total. The van der Waals surface area contributed by atoms with Crippen molar-refractivity contribution in [3.8, 4) is 0 Å². The SMILES string of the molecule is Cc1ccc(C(=O)O)c(N(C)C2CCOCC2)c1. The Morgan fingerprint density at radius 2 is 2.06 bits per heavy atom. The number of aromatic carboxylic acids is 1. The number of benzene rings is 1. The van der Waals surface area contributed by atoms with Gasteiger partial charge in [-0.3, -0.25) is 0 Å². The van der Waals surface area contributed by atoms with E-state index in [1.165, 1.54) is 0 Å². The van der Waals surface area contributed by atoms with Crippen molar-refractivity contribution < 1.29 is 14.6 Å². The van der Waals surface area contributed by atoms with Gasteiger partial charge < -0.3 is 14.7 Å². The standard InChI is InChI=1S/C14H19NO3/c1-10-3-4-12(14(16)17)13(9-10)15(2)11-5-7-18-8-6-11/h3-4,9,11H,5-8H2,1-2H3,(H,16,17). The van der Waals surface area contributed by atoms with Crippen LogP contribution >= 0.6 is 0 Å². The zero-order valence-electron chi connectivity index (χ0n) is 10.8. The minimum atomic E-state index is -0.871. The van der Waals surface area contributed by atoms with Crippen molar-refractivity contribution in [3.05, 3.63) is 29.3 Å². The number of hydrogen-bond donors (Lipinski definition) is 1. The summed E-state index contributed by atoms with van der Waals surface area (Å²) in [6, 6.07) is 5.82. The minimum absolute atomic E-state index is 0.360. The van der Waals surface area contributed by atoms with Crippen molar-refractivity contribution in [3.63, 3.8) is 0 Å². The average molecular weight is 249 g/mol. The molecule has 0 aromatic heterocycles. The number of hydrogen-bond acceptors (Lipinski definition) is 3. The summed E-state index contributed by atoms with van der Waals surface area (Å²) in [7, 11) is 1.97. The quantitative estimate of drug-likeness (QED) is 0.893. The van der Waals surface area contributed by atoms with E-state index in [0.717, 1.165) is 37.3 Å². The van der Waals surface area contributed by atoms with Crippen LogP contribution in [-0.2, 0) is 4.74 Å². The zero-order valence-corrected chi connectivity index (χ0v) is 10.8. The Labute approximate surface area is 107 Å². The third kappa shape index (κ3) is 2.64. The third-order valence-corrected chi connectivity index (χ3v) is 3.50. The molecule has 0 unspecified atom stereocenters. The molecule has 0 amide bonds. The van der Waals surface area contributed by atoms with Gasteiger partial charge in [0, 0.05) is 26.3 Å². The van der Waals surface area contributed by atoms with Crippen molar-refractivity contribution in [2.75, 3.05) is 25.2 Å². The Kier molecular flexibility index (Phi) is 3.87. The molecule has 1 heterocycles. The predicted molar refractivity (Wildman–Crippen MR) is 70.4 cm³/mol. The predicted octanol–water partition coefficient (Wildman–Crippen LogP) is 2.31. The summed E-state index contributed by atoms with van der Waals surface area (Å²) in [5.41, 5.74) is 2.25. The molecule has 0 aliphatic carbocycles. The number of rotatable bonds is 3. The van der Waals surface area contributed by atoms with Crippen LogP contribution in [-0.4, -0.2) is 37.4 Å². The van der Waals surface area contributed by atoms with Gasteiger partial charge in [-0.2, -0.15) is 0 Å². The summed E-state index contributed by atoms with van der Waals surface area (Å²) in [4.78, 5) is 13.4. The molecule has 0 bridgehead atoms. The lowest BCUT2D eigenvalue weighted by atomic mass is 10.0. The molecule has 1 aromatic carbocycles. The van der Waals surface area contributed by atoms with Crippen LogP contribution in [0.2, 0.25) is 0 Å². The molecule has 1 aromatic rings. The van der Waals surface area contributed by atoms with E-state index in [1.54, 1.807) is 6.07 Å². The lowest BCUT2D eigenvalue weighted by Crippen LogP contribution is -2.37. The fraction of sp³-hybridized carbons (Fsp3) is 0.500. The number of carboxylic acids is 1. The summed E-state index contributed by atoms with van der Waals surface area (Å²) in [5, 5.41) is 9.25. The lowest BCUT2D eigenvalue weighted by Gasteiger charge is -2.33. The first-order chi connectivity index (χ1) is 8.59. The highest BCUT2D eigenvalue weighted by atomic mass is 16.5. The average Bonchev–Trinajstić information content (AvgIpc) is 2.38. The second-order valence-electron chi connectivity index (χ2n) is 4.78.